The van der Waals surface area contributed by atoms with Crippen LogP contribution in [0.25, 0.3) is 0 Å². The number of sulfonamides is 1. The molecule has 2 aromatic rings. The zero-order valence-electron chi connectivity index (χ0n) is 10.3. The summed E-state index contributed by atoms with van der Waals surface area (Å²) >= 11 is 0.731. The second-order valence-electron chi connectivity index (χ2n) is 3.97. The summed E-state index contributed by atoms with van der Waals surface area (Å²) in [5, 5.41) is 8.93. The Labute approximate surface area is 123 Å². The summed E-state index contributed by atoms with van der Waals surface area (Å²) < 4.78 is 36.6. The summed E-state index contributed by atoms with van der Waals surface area (Å²) in [6, 6.07) is 4.51. The zero-order chi connectivity index (χ0) is 15.0. The third-order valence-corrected chi connectivity index (χ3v) is 5.36. The van der Waals surface area contributed by atoms with Gasteiger partial charge in [0.15, 0.2) is 21.4 Å². The first-order valence-corrected chi connectivity index (χ1v) is 7.93. The summed E-state index contributed by atoms with van der Waals surface area (Å²) in [6.45, 7) is 0.0730. The zero-order valence-corrected chi connectivity index (χ0v) is 11.9. The molecule has 0 aliphatic carbocycles. The summed E-state index contributed by atoms with van der Waals surface area (Å²) in [4.78, 5) is 14.5. The molecule has 0 atom stereocenters. The minimum Gasteiger partial charge on any atom is -0.476 e. The highest BCUT2D eigenvalue weighted by Crippen LogP contribution is 2.35. The van der Waals surface area contributed by atoms with Crippen LogP contribution in [-0.2, 0) is 10.0 Å². The van der Waals surface area contributed by atoms with Crippen molar-refractivity contribution >= 4 is 33.0 Å². The molecule has 1 aromatic carbocycles. The number of nitrogens with one attached hydrogen (secondary N) is 1. The van der Waals surface area contributed by atoms with Crippen molar-refractivity contribution in [2.45, 2.75) is 4.21 Å². The molecule has 2 heterocycles. The molecule has 0 unspecified atom stereocenters. The number of fused-ring (bicyclic) bond motifs is 1. The van der Waals surface area contributed by atoms with E-state index in [0.717, 1.165) is 16.8 Å². The van der Waals surface area contributed by atoms with Gasteiger partial charge in [0.2, 0.25) is 6.79 Å². The number of thiazole rings is 1. The minimum absolute atomic E-state index is 0.0730. The van der Waals surface area contributed by atoms with Gasteiger partial charge in [0.1, 0.15) is 0 Å². The minimum atomic E-state index is -4.03. The number of aromatic carboxylic acids is 1. The Morgan fingerprint density at radius 1 is 1.33 bits per heavy atom. The van der Waals surface area contributed by atoms with Crippen molar-refractivity contribution in [2.24, 2.45) is 0 Å². The highest BCUT2D eigenvalue weighted by atomic mass is 32.2. The molecular formula is C11H8N2O6S2. The lowest BCUT2D eigenvalue weighted by Gasteiger charge is -2.07. The Balaban J connectivity index is 1.93. The number of aromatic nitrogens is 1. The summed E-state index contributed by atoms with van der Waals surface area (Å²) in [6.07, 6.45) is 0. The first kappa shape index (κ1) is 13.6. The largest absolute Gasteiger partial charge is 0.476 e. The second-order valence-corrected chi connectivity index (χ2v) is 6.70. The number of benzene rings is 1. The SMILES string of the molecule is O=C(O)c1ncsc1S(=O)(=O)Nc1ccc2c(c1)OCO2. The van der Waals surface area contributed by atoms with E-state index in [4.69, 9.17) is 14.6 Å². The number of carboxylic acids is 1. The summed E-state index contributed by atoms with van der Waals surface area (Å²) in [5.41, 5.74) is 0.898. The number of carbonyl (C=O) groups is 1. The van der Waals surface area contributed by atoms with Crippen molar-refractivity contribution in [1.29, 1.82) is 0 Å². The standard InChI is InChI=1S/C11H8N2O6S2/c14-10(15)9-11(20-4-12-9)21(16,17)13-6-1-2-7-8(3-6)19-5-18-7/h1-4,13H,5H2,(H,14,15). The molecule has 0 spiro atoms. The van der Waals surface area contributed by atoms with Gasteiger partial charge in [-0.05, 0) is 12.1 Å². The molecule has 8 nitrogen and oxygen atoms in total. The van der Waals surface area contributed by atoms with E-state index in [1.54, 1.807) is 6.07 Å². The first-order valence-electron chi connectivity index (χ1n) is 5.56. The van der Waals surface area contributed by atoms with E-state index < -0.39 is 21.7 Å². The maximum absolute atomic E-state index is 12.2. The maximum Gasteiger partial charge on any atom is 0.356 e. The number of hydrogen-bond acceptors (Lipinski definition) is 7. The van der Waals surface area contributed by atoms with Gasteiger partial charge in [0.25, 0.3) is 10.0 Å². The highest BCUT2D eigenvalue weighted by molar-refractivity contribution is 7.94. The van der Waals surface area contributed by atoms with Gasteiger partial charge in [-0.25, -0.2) is 18.2 Å². The predicted molar refractivity (Wildman–Crippen MR) is 72.4 cm³/mol. The van der Waals surface area contributed by atoms with E-state index in [2.05, 4.69) is 9.71 Å². The van der Waals surface area contributed by atoms with E-state index in [1.807, 2.05) is 0 Å². The molecule has 21 heavy (non-hydrogen) atoms. The van der Waals surface area contributed by atoms with Gasteiger partial charge in [-0.15, -0.1) is 11.3 Å². The van der Waals surface area contributed by atoms with Gasteiger partial charge in [-0.3, -0.25) is 4.72 Å². The lowest BCUT2D eigenvalue weighted by molar-refractivity contribution is 0.0687. The van der Waals surface area contributed by atoms with Gasteiger partial charge in [-0.2, -0.15) is 0 Å². The van der Waals surface area contributed by atoms with Crippen molar-refractivity contribution in [3.8, 4) is 11.5 Å². The molecule has 10 heteroatoms. The van der Waals surface area contributed by atoms with Gasteiger partial charge < -0.3 is 14.6 Å². The Kier molecular flexibility index (Phi) is 3.18. The molecule has 1 aromatic heterocycles. The quantitative estimate of drug-likeness (QED) is 0.871. The summed E-state index contributed by atoms with van der Waals surface area (Å²) in [5.74, 6) is -0.470. The Morgan fingerprint density at radius 3 is 2.86 bits per heavy atom. The van der Waals surface area contributed by atoms with Gasteiger partial charge in [0.05, 0.1) is 11.2 Å². The molecular weight excluding hydrogens is 320 g/mol. The molecule has 0 saturated carbocycles. The third-order valence-electron chi connectivity index (χ3n) is 2.61. The van der Waals surface area contributed by atoms with E-state index in [1.165, 1.54) is 12.1 Å². The van der Waals surface area contributed by atoms with Crippen LogP contribution in [0.15, 0.2) is 27.9 Å². The molecule has 110 valence electrons. The van der Waals surface area contributed by atoms with Crippen LogP contribution >= 0.6 is 11.3 Å². The monoisotopic (exact) mass is 328 g/mol. The van der Waals surface area contributed by atoms with E-state index in [9.17, 15) is 13.2 Å². The number of anilines is 1. The van der Waals surface area contributed by atoms with Gasteiger partial charge in [0, 0.05) is 6.07 Å². The second kappa shape index (κ2) is 4.90. The topological polar surface area (TPSA) is 115 Å². The van der Waals surface area contributed by atoms with Crippen LogP contribution < -0.4 is 14.2 Å². The number of ether oxygens (including phenoxy) is 2. The van der Waals surface area contributed by atoms with E-state index >= 15 is 0 Å². The molecule has 0 fully saturated rings. The molecule has 1 aliphatic heterocycles. The molecule has 2 N–H and O–H groups in total. The van der Waals surface area contributed by atoms with E-state index in [0.29, 0.717) is 11.5 Å². The number of nitrogens with zero attached hydrogens (tertiary/aromatic N) is 1. The fourth-order valence-corrected chi connectivity index (χ4v) is 3.92. The van der Waals surface area contributed by atoms with Crippen molar-refractivity contribution in [3.05, 3.63) is 29.4 Å². The van der Waals surface area contributed by atoms with Crippen LogP contribution in [0.5, 0.6) is 11.5 Å². The fourth-order valence-electron chi connectivity index (χ4n) is 1.73. The average molecular weight is 328 g/mol. The van der Waals surface area contributed by atoms with Crippen LogP contribution in [0, 0.1) is 0 Å². The molecule has 0 amide bonds. The Hall–Kier alpha value is -2.33. The fraction of sp³-hybridized carbons (Fsp3) is 0.0909. The molecule has 0 saturated heterocycles. The van der Waals surface area contributed by atoms with Crippen LogP contribution in [0.3, 0.4) is 0 Å². The maximum atomic E-state index is 12.2. The molecule has 0 bridgehead atoms. The average Bonchev–Trinajstić information content (AvgIpc) is 3.06. The number of rotatable bonds is 4. The van der Waals surface area contributed by atoms with Crippen LogP contribution in [0.1, 0.15) is 10.5 Å². The molecule has 1 aliphatic rings. The lowest BCUT2D eigenvalue weighted by atomic mass is 10.3. The van der Waals surface area contributed by atoms with Crippen molar-refractivity contribution in [1.82, 2.24) is 4.98 Å². The van der Waals surface area contributed by atoms with Crippen molar-refractivity contribution < 1.29 is 27.8 Å². The highest BCUT2D eigenvalue weighted by Gasteiger charge is 2.26. The predicted octanol–water partition coefficient (Wildman–Crippen LogP) is 1.37. The van der Waals surface area contributed by atoms with Crippen LogP contribution in [-0.4, -0.2) is 31.3 Å². The van der Waals surface area contributed by atoms with E-state index in [-0.39, 0.29) is 16.7 Å². The van der Waals surface area contributed by atoms with Crippen molar-refractivity contribution in [3.63, 3.8) is 0 Å². The summed E-state index contributed by atoms with van der Waals surface area (Å²) in [7, 11) is -4.03. The number of carboxylic acid groups (broad SMARTS) is 1. The first-order chi connectivity index (χ1) is 9.97. The smallest absolute Gasteiger partial charge is 0.356 e. The van der Waals surface area contributed by atoms with Gasteiger partial charge in [-0.1, -0.05) is 0 Å². The number of hydrogen-bond donors (Lipinski definition) is 2. The molecule has 3 rings (SSSR count). The van der Waals surface area contributed by atoms with Crippen LogP contribution in [0.2, 0.25) is 0 Å². The lowest BCUT2D eigenvalue weighted by Crippen LogP contribution is -2.15. The Bertz CT molecular complexity index is 814. The van der Waals surface area contributed by atoms with Crippen LogP contribution in [0.4, 0.5) is 5.69 Å². The van der Waals surface area contributed by atoms with Gasteiger partial charge >= 0.3 is 5.97 Å². The normalized spacial score (nSPS) is 13.1. The van der Waals surface area contributed by atoms with Crippen molar-refractivity contribution in [2.75, 3.05) is 11.5 Å². The molecule has 0 radical (unpaired) electrons. The Morgan fingerprint density at radius 2 is 2.10 bits per heavy atom. The third kappa shape index (κ3) is 2.50.